The van der Waals surface area contributed by atoms with E-state index < -0.39 is 18.5 Å². The second-order valence-corrected chi connectivity index (χ2v) is 6.45. The Morgan fingerprint density at radius 3 is 2.43 bits per heavy atom. The second-order valence-electron chi connectivity index (χ2n) is 6.45. The molecule has 3 rings (SSSR count). The van der Waals surface area contributed by atoms with Gasteiger partial charge in [-0.2, -0.15) is 0 Å². The van der Waals surface area contributed by atoms with Crippen LogP contribution < -0.4 is 19.5 Å². The molecule has 30 heavy (non-hydrogen) atoms. The third-order valence-electron chi connectivity index (χ3n) is 4.23. The summed E-state index contributed by atoms with van der Waals surface area (Å²) in [6, 6.07) is 11.7. The number of carbonyl (C=O) groups excluding carboxylic acids is 3. The smallest absolute Gasteiger partial charge is 0.306 e. The third kappa shape index (κ3) is 5.97. The van der Waals surface area contributed by atoms with E-state index in [1.807, 2.05) is 6.92 Å². The highest BCUT2D eigenvalue weighted by Gasteiger charge is 2.15. The maximum atomic E-state index is 12.2. The van der Waals surface area contributed by atoms with Gasteiger partial charge in [0.1, 0.15) is 19.0 Å². The Labute approximate surface area is 174 Å². The van der Waals surface area contributed by atoms with Crippen LogP contribution in [0.5, 0.6) is 17.2 Å². The molecule has 0 bridgehead atoms. The molecule has 8 heteroatoms. The number of carbonyl (C=O) groups is 3. The predicted octanol–water partition coefficient (Wildman–Crippen LogP) is 3.00. The normalized spacial score (nSPS) is 12.0. The van der Waals surface area contributed by atoms with Gasteiger partial charge in [0, 0.05) is 23.7 Å². The Morgan fingerprint density at radius 1 is 0.967 bits per heavy atom. The molecule has 1 aliphatic rings. The van der Waals surface area contributed by atoms with Gasteiger partial charge in [0.2, 0.25) is 0 Å². The van der Waals surface area contributed by atoms with Crippen LogP contribution in [-0.2, 0) is 14.3 Å². The van der Waals surface area contributed by atoms with Crippen molar-refractivity contribution < 1.29 is 33.3 Å². The van der Waals surface area contributed by atoms with Crippen molar-refractivity contribution in [1.29, 1.82) is 0 Å². The molecule has 0 atom stereocenters. The Kier molecular flexibility index (Phi) is 7.26. The van der Waals surface area contributed by atoms with Crippen LogP contribution in [0.3, 0.4) is 0 Å². The van der Waals surface area contributed by atoms with E-state index in [2.05, 4.69) is 5.32 Å². The first-order chi connectivity index (χ1) is 14.5. The first kappa shape index (κ1) is 21.2. The van der Waals surface area contributed by atoms with E-state index in [9.17, 15) is 14.4 Å². The predicted molar refractivity (Wildman–Crippen MR) is 108 cm³/mol. The molecular formula is C22H23NO7. The number of anilines is 1. The van der Waals surface area contributed by atoms with E-state index in [1.54, 1.807) is 42.5 Å². The highest BCUT2D eigenvalue weighted by atomic mass is 16.6. The Balaban J connectivity index is 1.39. The molecule has 0 fully saturated rings. The fourth-order valence-corrected chi connectivity index (χ4v) is 2.80. The summed E-state index contributed by atoms with van der Waals surface area (Å²) in [4.78, 5) is 36.0. The van der Waals surface area contributed by atoms with Gasteiger partial charge in [0.05, 0.1) is 13.0 Å². The zero-order valence-corrected chi connectivity index (χ0v) is 16.6. The van der Waals surface area contributed by atoms with E-state index in [0.717, 1.165) is 0 Å². The number of ketones is 1. The Morgan fingerprint density at radius 2 is 1.70 bits per heavy atom. The van der Waals surface area contributed by atoms with E-state index in [4.69, 9.17) is 18.9 Å². The summed E-state index contributed by atoms with van der Waals surface area (Å²) in [6.45, 7) is 2.90. The number of esters is 1. The van der Waals surface area contributed by atoms with E-state index in [-0.39, 0.29) is 18.6 Å². The summed E-state index contributed by atoms with van der Waals surface area (Å²) in [6.07, 6.45) is -0.111. The van der Waals surface area contributed by atoms with Gasteiger partial charge in [-0.3, -0.25) is 14.4 Å². The second kappa shape index (κ2) is 10.3. The highest BCUT2D eigenvalue weighted by Crippen LogP contribution is 2.32. The van der Waals surface area contributed by atoms with Gasteiger partial charge in [0.25, 0.3) is 5.91 Å². The van der Waals surface area contributed by atoms with Crippen LogP contribution in [-0.4, -0.2) is 44.1 Å². The standard InChI is InChI=1S/C22H23NO7/c1-2-27-17-6-3-15(4-7-17)18(24)8-10-22(26)30-14-21(25)23-16-5-9-19-20(13-16)29-12-11-28-19/h3-7,9,13H,2,8,10-12,14H2,1H3,(H,23,25). The highest BCUT2D eigenvalue weighted by molar-refractivity contribution is 5.98. The fraction of sp³-hybridized carbons (Fsp3) is 0.318. The van der Waals surface area contributed by atoms with Crippen molar-refractivity contribution in [2.45, 2.75) is 19.8 Å². The lowest BCUT2D eigenvalue weighted by Gasteiger charge is -2.19. The van der Waals surface area contributed by atoms with Crippen molar-refractivity contribution in [2.75, 3.05) is 31.7 Å². The summed E-state index contributed by atoms with van der Waals surface area (Å²) >= 11 is 0. The van der Waals surface area contributed by atoms with Crippen LogP contribution in [0.4, 0.5) is 5.69 Å². The lowest BCUT2D eigenvalue weighted by atomic mass is 10.1. The fourth-order valence-electron chi connectivity index (χ4n) is 2.80. The van der Waals surface area contributed by atoms with Crippen molar-refractivity contribution in [3.63, 3.8) is 0 Å². The van der Waals surface area contributed by atoms with Crippen LogP contribution in [0.25, 0.3) is 0 Å². The van der Waals surface area contributed by atoms with E-state index in [0.29, 0.717) is 48.3 Å². The minimum Gasteiger partial charge on any atom is -0.494 e. The molecule has 8 nitrogen and oxygen atoms in total. The topological polar surface area (TPSA) is 100 Å². The average molecular weight is 413 g/mol. The molecule has 158 valence electrons. The summed E-state index contributed by atoms with van der Waals surface area (Å²) < 4.78 is 21.1. The van der Waals surface area contributed by atoms with Crippen molar-refractivity contribution in [1.82, 2.24) is 0 Å². The minimum atomic E-state index is -0.619. The number of Topliss-reactive ketones (excluding diaryl/α,β-unsaturated/α-hetero) is 1. The molecule has 0 radical (unpaired) electrons. The van der Waals surface area contributed by atoms with Gasteiger partial charge in [-0.25, -0.2) is 0 Å². The summed E-state index contributed by atoms with van der Waals surface area (Å²) in [5.74, 6) is 0.546. The maximum Gasteiger partial charge on any atom is 0.306 e. The third-order valence-corrected chi connectivity index (χ3v) is 4.23. The molecule has 0 spiro atoms. The number of fused-ring (bicyclic) bond motifs is 1. The zero-order valence-electron chi connectivity index (χ0n) is 16.6. The zero-order chi connectivity index (χ0) is 21.3. The van der Waals surface area contributed by atoms with E-state index >= 15 is 0 Å². The SMILES string of the molecule is CCOc1ccc(C(=O)CCC(=O)OCC(=O)Nc2ccc3c(c2)OCCO3)cc1. The quantitative estimate of drug-likeness (QED) is 0.498. The molecule has 1 N–H and O–H groups in total. The van der Waals surface area contributed by atoms with Crippen molar-refractivity contribution in [3.05, 3.63) is 48.0 Å². The number of amides is 1. The molecule has 0 aliphatic carbocycles. The monoisotopic (exact) mass is 413 g/mol. The maximum absolute atomic E-state index is 12.2. The number of hydrogen-bond donors (Lipinski definition) is 1. The van der Waals surface area contributed by atoms with Crippen LogP contribution >= 0.6 is 0 Å². The largest absolute Gasteiger partial charge is 0.494 e. The molecule has 2 aromatic rings. The molecule has 1 aliphatic heterocycles. The Hall–Kier alpha value is -3.55. The molecule has 0 saturated carbocycles. The molecule has 1 amide bonds. The first-order valence-electron chi connectivity index (χ1n) is 9.66. The van der Waals surface area contributed by atoms with Crippen molar-refractivity contribution in [3.8, 4) is 17.2 Å². The summed E-state index contributed by atoms with van der Waals surface area (Å²) in [7, 11) is 0. The van der Waals surface area contributed by atoms with Crippen molar-refractivity contribution >= 4 is 23.3 Å². The molecule has 0 unspecified atom stereocenters. The minimum absolute atomic E-state index is 0.00338. The number of hydrogen-bond acceptors (Lipinski definition) is 7. The number of nitrogens with one attached hydrogen (secondary N) is 1. The molecule has 0 saturated heterocycles. The van der Waals surface area contributed by atoms with Gasteiger partial charge < -0.3 is 24.3 Å². The van der Waals surface area contributed by atoms with Gasteiger partial charge in [-0.05, 0) is 43.3 Å². The number of benzene rings is 2. The van der Waals surface area contributed by atoms with Crippen LogP contribution in [0.2, 0.25) is 0 Å². The lowest BCUT2D eigenvalue weighted by Crippen LogP contribution is -2.21. The van der Waals surface area contributed by atoms with E-state index in [1.165, 1.54) is 0 Å². The number of rotatable bonds is 9. The van der Waals surface area contributed by atoms with Gasteiger partial charge >= 0.3 is 5.97 Å². The summed E-state index contributed by atoms with van der Waals surface area (Å²) in [5.41, 5.74) is 0.994. The van der Waals surface area contributed by atoms with Crippen LogP contribution in [0, 0.1) is 0 Å². The lowest BCUT2D eigenvalue weighted by molar-refractivity contribution is -0.147. The van der Waals surface area contributed by atoms with Gasteiger partial charge in [-0.1, -0.05) is 0 Å². The molecule has 0 aromatic heterocycles. The summed E-state index contributed by atoms with van der Waals surface area (Å²) in [5, 5.41) is 2.62. The number of ether oxygens (including phenoxy) is 4. The van der Waals surface area contributed by atoms with Gasteiger partial charge in [-0.15, -0.1) is 0 Å². The molecule has 2 aromatic carbocycles. The molecular weight excluding hydrogens is 390 g/mol. The Bertz CT molecular complexity index is 908. The van der Waals surface area contributed by atoms with Gasteiger partial charge in [0.15, 0.2) is 23.9 Å². The molecule has 1 heterocycles. The first-order valence-corrected chi connectivity index (χ1v) is 9.66. The average Bonchev–Trinajstić information content (AvgIpc) is 2.76. The van der Waals surface area contributed by atoms with Crippen LogP contribution in [0.1, 0.15) is 30.1 Å². The van der Waals surface area contributed by atoms with Crippen LogP contribution in [0.15, 0.2) is 42.5 Å². The van der Waals surface area contributed by atoms with Crippen molar-refractivity contribution in [2.24, 2.45) is 0 Å².